The number of nitrogens with zero attached hydrogens (tertiary/aromatic N) is 1. The van der Waals surface area contributed by atoms with Crippen molar-refractivity contribution in [1.29, 1.82) is 0 Å². The molecule has 2 aromatic carbocycles. The molecule has 2 rings (SSSR count). The van der Waals surface area contributed by atoms with Crippen molar-refractivity contribution in [1.82, 2.24) is 0 Å². The molecule has 100 valence electrons. The number of nitrogens with two attached hydrogens (primary N) is 1. The van der Waals surface area contributed by atoms with Crippen LogP contribution in [0.1, 0.15) is 24.1 Å². The van der Waals surface area contributed by atoms with Gasteiger partial charge in [-0.2, -0.15) is 0 Å². The summed E-state index contributed by atoms with van der Waals surface area (Å²) in [5.74, 6) is -0.252. The van der Waals surface area contributed by atoms with Crippen LogP contribution in [0.2, 0.25) is 0 Å². The van der Waals surface area contributed by atoms with E-state index < -0.39 is 0 Å². The molecular weight excluding hydrogens is 239 g/mol. The molecule has 2 aromatic rings. The Kier molecular flexibility index (Phi) is 3.86. The maximum Gasteiger partial charge on any atom is 0.147 e. The van der Waals surface area contributed by atoms with Crippen molar-refractivity contribution < 1.29 is 4.39 Å². The summed E-state index contributed by atoms with van der Waals surface area (Å²) in [7, 11) is 1.86. The van der Waals surface area contributed by atoms with E-state index in [2.05, 4.69) is 0 Å². The van der Waals surface area contributed by atoms with Gasteiger partial charge in [0.25, 0.3) is 0 Å². The summed E-state index contributed by atoms with van der Waals surface area (Å²) in [5, 5.41) is 0. The molecule has 0 unspecified atom stereocenters. The fourth-order valence-corrected chi connectivity index (χ4v) is 1.99. The first-order valence-corrected chi connectivity index (χ1v) is 6.34. The van der Waals surface area contributed by atoms with Gasteiger partial charge < -0.3 is 10.6 Å². The number of anilines is 2. The van der Waals surface area contributed by atoms with Gasteiger partial charge in [0.2, 0.25) is 0 Å². The highest BCUT2D eigenvalue weighted by Gasteiger charge is 2.11. The van der Waals surface area contributed by atoms with Gasteiger partial charge in [-0.05, 0) is 43.7 Å². The molecule has 1 atom stereocenters. The SMILES string of the molecule is Cc1ccc(N(C)c2ccc([C@@H](C)N)cc2F)cc1. The van der Waals surface area contributed by atoms with Crippen molar-refractivity contribution in [2.45, 2.75) is 19.9 Å². The molecule has 0 bridgehead atoms. The van der Waals surface area contributed by atoms with Gasteiger partial charge >= 0.3 is 0 Å². The molecule has 2 nitrogen and oxygen atoms in total. The van der Waals surface area contributed by atoms with E-state index in [1.165, 1.54) is 11.6 Å². The van der Waals surface area contributed by atoms with Crippen LogP contribution in [-0.2, 0) is 0 Å². The van der Waals surface area contributed by atoms with E-state index in [-0.39, 0.29) is 11.9 Å². The molecule has 0 saturated heterocycles. The fourth-order valence-electron chi connectivity index (χ4n) is 1.99. The summed E-state index contributed by atoms with van der Waals surface area (Å²) >= 11 is 0. The Balaban J connectivity index is 2.33. The van der Waals surface area contributed by atoms with Gasteiger partial charge in [-0.15, -0.1) is 0 Å². The first-order valence-electron chi connectivity index (χ1n) is 6.34. The van der Waals surface area contributed by atoms with Gasteiger partial charge in [-0.1, -0.05) is 23.8 Å². The summed E-state index contributed by atoms with van der Waals surface area (Å²) in [5.41, 5.74) is 9.25. The Morgan fingerprint density at radius 1 is 1.11 bits per heavy atom. The smallest absolute Gasteiger partial charge is 0.147 e. The number of hydrogen-bond donors (Lipinski definition) is 1. The van der Waals surface area contributed by atoms with Crippen molar-refractivity contribution in [3.8, 4) is 0 Å². The minimum absolute atomic E-state index is 0.159. The van der Waals surface area contributed by atoms with Crippen LogP contribution >= 0.6 is 0 Å². The molecule has 0 aliphatic heterocycles. The van der Waals surface area contributed by atoms with Gasteiger partial charge in [-0.3, -0.25) is 0 Å². The first kappa shape index (κ1) is 13.6. The highest BCUT2D eigenvalue weighted by molar-refractivity contribution is 5.63. The highest BCUT2D eigenvalue weighted by atomic mass is 19.1. The summed E-state index contributed by atoms with van der Waals surface area (Å²) in [6.07, 6.45) is 0. The van der Waals surface area contributed by atoms with Crippen molar-refractivity contribution in [2.75, 3.05) is 11.9 Å². The van der Waals surface area contributed by atoms with Crippen molar-refractivity contribution in [2.24, 2.45) is 5.73 Å². The average Bonchev–Trinajstić information content (AvgIpc) is 2.38. The lowest BCUT2D eigenvalue weighted by atomic mass is 10.1. The van der Waals surface area contributed by atoms with Crippen LogP contribution in [0.3, 0.4) is 0 Å². The second-order valence-electron chi connectivity index (χ2n) is 4.89. The predicted octanol–water partition coefficient (Wildman–Crippen LogP) is 3.92. The van der Waals surface area contributed by atoms with Gasteiger partial charge in [0.1, 0.15) is 5.82 Å². The Labute approximate surface area is 113 Å². The second kappa shape index (κ2) is 5.41. The highest BCUT2D eigenvalue weighted by Crippen LogP contribution is 2.28. The van der Waals surface area contributed by atoms with Crippen molar-refractivity contribution in [3.05, 3.63) is 59.4 Å². The predicted molar refractivity (Wildman–Crippen MR) is 78.2 cm³/mol. The number of halogens is 1. The fraction of sp³-hybridized carbons (Fsp3) is 0.250. The molecule has 2 N–H and O–H groups in total. The Morgan fingerprint density at radius 3 is 2.26 bits per heavy atom. The number of aryl methyl sites for hydroxylation is 1. The Hall–Kier alpha value is -1.87. The lowest BCUT2D eigenvalue weighted by Crippen LogP contribution is -2.12. The van der Waals surface area contributed by atoms with Crippen molar-refractivity contribution in [3.63, 3.8) is 0 Å². The normalized spacial score (nSPS) is 12.3. The van der Waals surface area contributed by atoms with Crippen LogP contribution in [0, 0.1) is 12.7 Å². The van der Waals surface area contributed by atoms with Crippen LogP contribution in [-0.4, -0.2) is 7.05 Å². The van der Waals surface area contributed by atoms with E-state index in [1.54, 1.807) is 6.07 Å². The molecule has 0 aromatic heterocycles. The number of hydrogen-bond acceptors (Lipinski definition) is 2. The van der Waals surface area contributed by atoms with Gasteiger partial charge in [-0.25, -0.2) is 4.39 Å². The summed E-state index contributed by atoms with van der Waals surface area (Å²) in [6.45, 7) is 3.87. The molecule has 0 aliphatic rings. The topological polar surface area (TPSA) is 29.3 Å². The van der Waals surface area contributed by atoms with E-state index in [1.807, 2.05) is 56.1 Å². The van der Waals surface area contributed by atoms with E-state index in [0.29, 0.717) is 5.69 Å². The minimum atomic E-state index is -0.252. The monoisotopic (exact) mass is 258 g/mol. The van der Waals surface area contributed by atoms with Gasteiger partial charge in [0, 0.05) is 18.8 Å². The third-order valence-corrected chi connectivity index (χ3v) is 3.28. The van der Waals surface area contributed by atoms with Crippen LogP contribution in [0.4, 0.5) is 15.8 Å². The largest absolute Gasteiger partial charge is 0.342 e. The minimum Gasteiger partial charge on any atom is -0.342 e. The van der Waals surface area contributed by atoms with E-state index in [0.717, 1.165) is 11.3 Å². The summed E-state index contributed by atoms with van der Waals surface area (Å²) in [4.78, 5) is 1.83. The molecule has 0 aliphatic carbocycles. The maximum atomic E-state index is 14.1. The molecule has 0 saturated carbocycles. The van der Waals surface area contributed by atoms with E-state index in [9.17, 15) is 4.39 Å². The molecule has 0 heterocycles. The molecule has 0 amide bonds. The Bertz CT molecular complexity index is 561. The van der Waals surface area contributed by atoms with Crippen molar-refractivity contribution >= 4 is 11.4 Å². The summed E-state index contributed by atoms with van der Waals surface area (Å²) < 4.78 is 14.1. The van der Waals surface area contributed by atoms with Crippen LogP contribution in [0.25, 0.3) is 0 Å². The van der Waals surface area contributed by atoms with Crippen LogP contribution < -0.4 is 10.6 Å². The molecule has 3 heteroatoms. The zero-order valence-electron chi connectivity index (χ0n) is 11.5. The number of rotatable bonds is 3. The second-order valence-corrected chi connectivity index (χ2v) is 4.89. The molecule has 0 radical (unpaired) electrons. The maximum absolute atomic E-state index is 14.1. The lowest BCUT2D eigenvalue weighted by molar-refractivity contribution is 0.622. The first-order chi connectivity index (χ1) is 8.99. The van der Waals surface area contributed by atoms with E-state index in [4.69, 9.17) is 5.73 Å². The average molecular weight is 258 g/mol. The summed E-state index contributed by atoms with van der Waals surface area (Å²) in [6, 6.07) is 13.0. The lowest BCUT2D eigenvalue weighted by Gasteiger charge is -2.21. The Morgan fingerprint density at radius 2 is 1.74 bits per heavy atom. The third-order valence-electron chi connectivity index (χ3n) is 3.28. The standard InChI is InChI=1S/C16H19FN2/c1-11-4-7-14(8-5-11)19(3)16-9-6-13(12(2)18)10-15(16)17/h4-10,12H,18H2,1-3H3/t12-/m1/s1. The number of benzene rings is 2. The molecule has 0 spiro atoms. The molecular formula is C16H19FN2. The third kappa shape index (κ3) is 2.93. The van der Waals surface area contributed by atoms with Gasteiger partial charge in [0.15, 0.2) is 0 Å². The molecule has 0 fully saturated rings. The van der Waals surface area contributed by atoms with Gasteiger partial charge in [0.05, 0.1) is 5.69 Å². The van der Waals surface area contributed by atoms with Crippen LogP contribution in [0.5, 0.6) is 0 Å². The quantitative estimate of drug-likeness (QED) is 0.904. The molecule has 19 heavy (non-hydrogen) atoms. The van der Waals surface area contributed by atoms with Crippen LogP contribution in [0.15, 0.2) is 42.5 Å². The zero-order valence-corrected chi connectivity index (χ0v) is 11.5. The van der Waals surface area contributed by atoms with E-state index >= 15 is 0 Å². The zero-order chi connectivity index (χ0) is 14.0.